The van der Waals surface area contributed by atoms with Crippen LogP contribution in [0.1, 0.15) is 12.8 Å². The Bertz CT molecular complexity index is 336. The molecular weight excluding hydrogens is 180 g/mol. The number of aromatic nitrogens is 1. The second kappa shape index (κ2) is 3.34. The van der Waals surface area contributed by atoms with Gasteiger partial charge in [0.05, 0.1) is 11.8 Å². The van der Waals surface area contributed by atoms with E-state index in [0.29, 0.717) is 23.4 Å². The summed E-state index contributed by atoms with van der Waals surface area (Å²) >= 11 is 0. The zero-order valence-electron chi connectivity index (χ0n) is 7.77. The number of hydrogen-bond acceptors (Lipinski definition) is 5. The van der Waals surface area contributed by atoms with Gasteiger partial charge in [-0.2, -0.15) is 0 Å². The molecule has 0 amide bonds. The van der Waals surface area contributed by atoms with Crippen molar-refractivity contribution in [2.24, 2.45) is 0 Å². The maximum atomic E-state index is 9.09. The molecule has 6 N–H and O–H groups in total. The fourth-order valence-electron chi connectivity index (χ4n) is 1.48. The molecule has 0 spiro atoms. The number of pyridine rings is 1. The van der Waals surface area contributed by atoms with Gasteiger partial charge in [-0.3, -0.25) is 0 Å². The topological polar surface area (TPSA) is 97.2 Å². The van der Waals surface area contributed by atoms with Gasteiger partial charge in [-0.15, -0.1) is 0 Å². The van der Waals surface area contributed by atoms with E-state index in [2.05, 4.69) is 10.3 Å². The normalized spacial score (nSPS) is 25.5. The fraction of sp³-hybridized carbons (Fsp3) is 0.444. The van der Waals surface area contributed by atoms with Crippen LogP contribution >= 0.6 is 0 Å². The molecule has 0 aliphatic heterocycles. The van der Waals surface area contributed by atoms with Crippen molar-refractivity contribution in [2.45, 2.75) is 25.0 Å². The van der Waals surface area contributed by atoms with Crippen LogP contribution in [0.2, 0.25) is 0 Å². The molecule has 1 aromatic rings. The van der Waals surface area contributed by atoms with E-state index in [-0.39, 0.29) is 6.10 Å². The Morgan fingerprint density at radius 3 is 2.64 bits per heavy atom. The van der Waals surface area contributed by atoms with Crippen molar-refractivity contribution in [1.82, 2.24) is 4.98 Å². The van der Waals surface area contributed by atoms with Crippen LogP contribution in [-0.2, 0) is 0 Å². The molecule has 0 aromatic carbocycles. The molecule has 5 heteroatoms. The highest BCUT2D eigenvalue weighted by molar-refractivity contribution is 5.61. The van der Waals surface area contributed by atoms with E-state index in [1.54, 1.807) is 12.1 Å². The van der Waals surface area contributed by atoms with E-state index < -0.39 is 0 Å². The Morgan fingerprint density at radius 2 is 2.07 bits per heavy atom. The molecule has 0 saturated heterocycles. The first kappa shape index (κ1) is 9.08. The van der Waals surface area contributed by atoms with E-state index in [9.17, 15) is 0 Å². The highest BCUT2D eigenvalue weighted by Gasteiger charge is 2.27. The Labute approximate surface area is 82.1 Å². The number of aliphatic hydroxyl groups excluding tert-OH is 1. The predicted octanol–water partition coefficient (Wildman–Crippen LogP) is 0.181. The third-order valence-electron chi connectivity index (χ3n) is 2.42. The molecule has 0 unspecified atom stereocenters. The maximum Gasteiger partial charge on any atom is 0.149 e. The molecule has 14 heavy (non-hydrogen) atoms. The number of nitrogens with one attached hydrogen (secondary N) is 1. The number of nitrogens with zero attached hydrogens (tertiary/aromatic N) is 1. The van der Waals surface area contributed by atoms with Crippen molar-refractivity contribution in [3.05, 3.63) is 12.1 Å². The number of hydrogen-bond donors (Lipinski definition) is 4. The summed E-state index contributed by atoms with van der Waals surface area (Å²) in [6.45, 7) is 0. The van der Waals surface area contributed by atoms with Gasteiger partial charge in [0.15, 0.2) is 0 Å². The monoisotopic (exact) mass is 194 g/mol. The van der Waals surface area contributed by atoms with E-state index in [0.717, 1.165) is 12.8 Å². The van der Waals surface area contributed by atoms with Crippen LogP contribution < -0.4 is 16.8 Å². The molecular formula is C9H14N4O. The first-order valence-electron chi connectivity index (χ1n) is 4.62. The lowest BCUT2D eigenvalue weighted by molar-refractivity contribution is 0.0835. The molecule has 2 rings (SSSR count). The molecule has 1 aliphatic rings. The van der Waals surface area contributed by atoms with Gasteiger partial charge in [0, 0.05) is 6.04 Å². The third kappa shape index (κ3) is 1.72. The van der Waals surface area contributed by atoms with Crippen LogP contribution in [0, 0.1) is 0 Å². The summed E-state index contributed by atoms with van der Waals surface area (Å²) in [4.78, 5) is 4.08. The van der Waals surface area contributed by atoms with E-state index in [1.165, 1.54) is 0 Å². The lowest BCUT2D eigenvalue weighted by Gasteiger charge is -2.32. The molecule has 76 valence electrons. The third-order valence-corrected chi connectivity index (χ3v) is 2.42. The summed E-state index contributed by atoms with van der Waals surface area (Å²) in [6.07, 6.45) is 1.37. The second-order valence-corrected chi connectivity index (χ2v) is 3.64. The van der Waals surface area contributed by atoms with Crippen LogP contribution in [0.5, 0.6) is 0 Å². The number of rotatable bonds is 2. The van der Waals surface area contributed by atoms with Crippen molar-refractivity contribution >= 4 is 17.3 Å². The lowest BCUT2D eigenvalue weighted by atomic mass is 9.89. The van der Waals surface area contributed by atoms with E-state index in [4.69, 9.17) is 16.6 Å². The summed E-state index contributed by atoms with van der Waals surface area (Å²) < 4.78 is 0. The van der Waals surface area contributed by atoms with Gasteiger partial charge in [-0.25, -0.2) is 4.98 Å². The standard InChI is InChI=1S/C9H14N4O/c10-7-1-2-8(13-9(7)11)12-5-3-6(14)4-5/h1-2,5-6,14H,3-4,10H2,(H3,11,12,13). The molecule has 5 nitrogen and oxygen atoms in total. The predicted molar refractivity (Wildman–Crippen MR) is 55.7 cm³/mol. The Balaban J connectivity index is 2.00. The average molecular weight is 194 g/mol. The summed E-state index contributed by atoms with van der Waals surface area (Å²) in [5.41, 5.74) is 11.6. The molecule has 1 saturated carbocycles. The SMILES string of the molecule is Nc1ccc(NC2CC(O)C2)nc1N. The minimum atomic E-state index is -0.168. The van der Waals surface area contributed by atoms with Crippen molar-refractivity contribution in [3.8, 4) is 0 Å². The smallest absolute Gasteiger partial charge is 0.149 e. The van der Waals surface area contributed by atoms with Crippen molar-refractivity contribution in [2.75, 3.05) is 16.8 Å². The number of aliphatic hydroxyl groups is 1. The van der Waals surface area contributed by atoms with Gasteiger partial charge < -0.3 is 21.9 Å². The Hall–Kier alpha value is -1.49. The van der Waals surface area contributed by atoms with Crippen LogP contribution in [0.4, 0.5) is 17.3 Å². The van der Waals surface area contributed by atoms with Crippen molar-refractivity contribution in [3.63, 3.8) is 0 Å². The number of nitrogens with two attached hydrogens (primary N) is 2. The van der Waals surface area contributed by atoms with Gasteiger partial charge in [-0.05, 0) is 25.0 Å². The molecule has 0 atom stereocenters. The van der Waals surface area contributed by atoms with Crippen LogP contribution in [0.25, 0.3) is 0 Å². The highest BCUT2D eigenvalue weighted by Crippen LogP contribution is 2.24. The van der Waals surface area contributed by atoms with Gasteiger partial charge in [-0.1, -0.05) is 0 Å². The van der Waals surface area contributed by atoms with Crippen LogP contribution in [-0.4, -0.2) is 22.2 Å². The summed E-state index contributed by atoms with van der Waals surface area (Å²) in [6, 6.07) is 3.82. The lowest BCUT2D eigenvalue weighted by Crippen LogP contribution is -2.39. The Morgan fingerprint density at radius 1 is 1.36 bits per heavy atom. The van der Waals surface area contributed by atoms with Crippen molar-refractivity contribution < 1.29 is 5.11 Å². The first-order chi connectivity index (χ1) is 6.65. The first-order valence-corrected chi connectivity index (χ1v) is 4.62. The Kier molecular flexibility index (Phi) is 2.17. The molecule has 0 bridgehead atoms. The van der Waals surface area contributed by atoms with Gasteiger partial charge in [0.2, 0.25) is 0 Å². The molecule has 1 heterocycles. The average Bonchev–Trinajstić information content (AvgIpc) is 2.09. The molecule has 1 fully saturated rings. The highest BCUT2D eigenvalue weighted by atomic mass is 16.3. The van der Waals surface area contributed by atoms with Gasteiger partial charge in [0.1, 0.15) is 11.6 Å². The molecule has 1 aliphatic carbocycles. The quantitative estimate of drug-likeness (QED) is 0.538. The zero-order chi connectivity index (χ0) is 10.1. The minimum absolute atomic E-state index is 0.168. The van der Waals surface area contributed by atoms with E-state index in [1.807, 2.05) is 0 Å². The van der Waals surface area contributed by atoms with Gasteiger partial charge >= 0.3 is 0 Å². The summed E-state index contributed by atoms with van der Waals surface area (Å²) in [5.74, 6) is 1.06. The summed E-state index contributed by atoms with van der Waals surface area (Å²) in [7, 11) is 0. The largest absolute Gasteiger partial charge is 0.396 e. The van der Waals surface area contributed by atoms with Crippen molar-refractivity contribution in [1.29, 1.82) is 0 Å². The van der Waals surface area contributed by atoms with E-state index >= 15 is 0 Å². The molecule has 1 aromatic heterocycles. The van der Waals surface area contributed by atoms with Crippen LogP contribution in [0.3, 0.4) is 0 Å². The minimum Gasteiger partial charge on any atom is -0.396 e. The fourth-order valence-corrected chi connectivity index (χ4v) is 1.48. The molecule has 0 radical (unpaired) electrons. The second-order valence-electron chi connectivity index (χ2n) is 3.64. The van der Waals surface area contributed by atoms with Gasteiger partial charge in [0.25, 0.3) is 0 Å². The zero-order valence-corrected chi connectivity index (χ0v) is 7.77. The number of nitrogen functional groups attached to an aromatic ring is 2. The number of anilines is 3. The van der Waals surface area contributed by atoms with Crippen LogP contribution in [0.15, 0.2) is 12.1 Å². The maximum absolute atomic E-state index is 9.09. The summed E-state index contributed by atoms with van der Waals surface area (Å²) in [5, 5.41) is 12.3.